The molecule has 0 N–H and O–H groups in total. The second kappa shape index (κ2) is 6.40. The average molecular weight is 334 g/mol. The Morgan fingerprint density at radius 3 is 2.88 bits per heavy atom. The maximum atomic E-state index is 4.90. The van der Waals surface area contributed by atoms with Crippen LogP contribution in [-0.2, 0) is 13.0 Å². The number of thiazole rings is 1. The van der Waals surface area contributed by atoms with E-state index in [1.165, 1.54) is 46.5 Å². The fourth-order valence-electron chi connectivity index (χ4n) is 3.48. The van der Waals surface area contributed by atoms with E-state index in [1.54, 1.807) is 11.3 Å². The first-order valence-corrected chi connectivity index (χ1v) is 9.43. The highest BCUT2D eigenvalue weighted by Gasteiger charge is 2.18. The van der Waals surface area contributed by atoms with Crippen LogP contribution >= 0.6 is 11.3 Å². The van der Waals surface area contributed by atoms with Gasteiger partial charge in [-0.1, -0.05) is 42.0 Å². The van der Waals surface area contributed by atoms with Crippen LogP contribution in [-0.4, -0.2) is 11.5 Å². The van der Waals surface area contributed by atoms with Crippen molar-refractivity contribution in [3.8, 4) is 10.6 Å². The fraction of sp³-hybridized carbons (Fsp3) is 0.286. The molecule has 122 valence electrons. The van der Waals surface area contributed by atoms with Crippen LogP contribution in [0.5, 0.6) is 0 Å². The van der Waals surface area contributed by atoms with Gasteiger partial charge in [0.2, 0.25) is 0 Å². The Balaban J connectivity index is 1.59. The number of hydrogen-bond donors (Lipinski definition) is 0. The first-order valence-electron chi connectivity index (χ1n) is 8.55. The molecule has 1 aliphatic rings. The summed E-state index contributed by atoms with van der Waals surface area (Å²) in [5.41, 5.74) is 7.94. The van der Waals surface area contributed by atoms with Crippen molar-refractivity contribution < 1.29 is 0 Å². The summed E-state index contributed by atoms with van der Waals surface area (Å²) in [6.07, 6.45) is 2.42. The largest absolute Gasteiger partial charge is 0.365 e. The Kier molecular flexibility index (Phi) is 4.11. The standard InChI is InChI=1S/C21H22N2S/c1-15-9-10-20-17(12-15)7-5-11-23(20)13-18-14-24-21(22-18)19-8-4-3-6-16(19)2/h3-4,6,8-10,12,14H,5,7,11,13H2,1-2H3. The molecule has 4 rings (SSSR count). The number of anilines is 1. The molecule has 0 saturated carbocycles. The molecule has 0 bridgehead atoms. The third kappa shape index (κ3) is 2.96. The topological polar surface area (TPSA) is 16.1 Å². The highest BCUT2D eigenvalue weighted by molar-refractivity contribution is 7.13. The van der Waals surface area contributed by atoms with E-state index in [9.17, 15) is 0 Å². The highest BCUT2D eigenvalue weighted by Crippen LogP contribution is 2.31. The van der Waals surface area contributed by atoms with Gasteiger partial charge in [0.25, 0.3) is 0 Å². The molecule has 0 saturated heterocycles. The van der Waals surface area contributed by atoms with E-state index in [0.29, 0.717) is 0 Å². The number of hydrogen-bond acceptors (Lipinski definition) is 3. The lowest BCUT2D eigenvalue weighted by molar-refractivity contribution is 0.685. The minimum Gasteiger partial charge on any atom is -0.365 e. The molecule has 0 spiro atoms. The predicted octanol–water partition coefficient (Wildman–Crippen LogP) is 5.38. The second-order valence-electron chi connectivity index (χ2n) is 6.62. The molecule has 0 amide bonds. The molecule has 0 atom stereocenters. The van der Waals surface area contributed by atoms with Gasteiger partial charge in [0, 0.05) is 23.2 Å². The van der Waals surface area contributed by atoms with E-state index in [2.05, 4.69) is 66.6 Å². The molecular formula is C21H22N2S. The first kappa shape index (κ1) is 15.4. The minimum absolute atomic E-state index is 0.901. The number of benzene rings is 2. The lowest BCUT2D eigenvalue weighted by atomic mass is 9.99. The van der Waals surface area contributed by atoms with Crippen molar-refractivity contribution in [2.45, 2.75) is 33.2 Å². The molecule has 3 aromatic rings. The van der Waals surface area contributed by atoms with Crippen LogP contribution in [0.1, 0.15) is 28.8 Å². The summed E-state index contributed by atoms with van der Waals surface area (Å²) in [6.45, 7) is 6.35. The Hall–Kier alpha value is -2.13. The van der Waals surface area contributed by atoms with Gasteiger partial charge >= 0.3 is 0 Å². The van der Waals surface area contributed by atoms with Gasteiger partial charge in [0.15, 0.2) is 0 Å². The van der Waals surface area contributed by atoms with Gasteiger partial charge in [0.1, 0.15) is 5.01 Å². The number of aryl methyl sites for hydroxylation is 3. The summed E-state index contributed by atoms with van der Waals surface area (Å²) in [5, 5.41) is 3.34. The number of aromatic nitrogens is 1. The lowest BCUT2D eigenvalue weighted by Gasteiger charge is -2.31. The summed E-state index contributed by atoms with van der Waals surface area (Å²) < 4.78 is 0. The third-order valence-corrected chi connectivity index (χ3v) is 5.65. The van der Waals surface area contributed by atoms with Crippen molar-refractivity contribution in [1.29, 1.82) is 0 Å². The van der Waals surface area contributed by atoms with Gasteiger partial charge in [-0.05, 0) is 43.9 Å². The monoisotopic (exact) mass is 334 g/mol. The molecule has 2 aromatic carbocycles. The van der Waals surface area contributed by atoms with Gasteiger partial charge in [-0.15, -0.1) is 11.3 Å². The van der Waals surface area contributed by atoms with Gasteiger partial charge in [-0.25, -0.2) is 4.98 Å². The third-order valence-electron chi connectivity index (χ3n) is 4.73. The summed E-state index contributed by atoms with van der Waals surface area (Å²) >= 11 is 1.75. The fourth-order valence-corrected chi connectivity index (χ4v) is 4.38. The molecular weight excluding hydrogens is 312 g/mol. The van der Waals surface area contributed by atoms with Gasteiger partial charge in [-0.3, -0.25) is 0 Å². The van der Waals surface area contributed by atoms with Gasteiger partial charge in [0.05, 0.1) is 12.2 Å². The molecule has 3 heteroatoms. The zero-order valence-corrected chi connectivity index (χ0v) is 15.1. The second-order valence-corrected chi connectivity index (χ2v) is 7.47. The van der Waals surface area contributed by atoms with Crippen LogP contribution in [0.3, 0.4) is 0 Å². The SMILES string of the molecule is Cc1ccc2c(c1)CCCN2Cc1csc(-c2ccccc2C)n1. The minimum atomic E-state index is 0.901. The van der Waals surface area contributed by atoms with Gasteiger partial charge in [-0.2, -0.15) is 0 Å². The van der Waals surface area contributed by atoms with Crippen LogP contribution < -0.4 is 4.90 Å². The van der Waals surface area contributed by atoms with E-state index >= 15 is 0 Å². The lowest BCUT2D eigenvalue weighted by Crippen LogP contribution is -2.28. The smallest absolute Gasteiger partial charge is 0.123 e. The summed E-state index contributed by atoms with van der Waals surface area (Å²) in [6, 6.07) is 15.3. The quantitative estimate of drug-likeness (QED) is 0.639. The van der Waals surface area contributed by atoms with E-state index < -0.39 is 0 Å². The van der Waals surface area contributed by atoms with Crippen molar-refractivity contribution in [3.63, 3.8) is 0 Å². The zero-order valence-electron chi connectivity index (χ0n) is 14.2. The Morgan fingerprint density at radius 1 is 1.12 bits per heavy atom. The number of rotatable bonds is 3. The molecule has 2 nitrogen and oxygen atoms in total. The molecule has 0 fully saturated rings. The van der Waals surface area contributed by atoms with Crippen molar-refractivity contribution in [2.75, 3.05) is 11.4 Å². The van der Waals surface area contributed by atoms with Crippen LogP contribution in [0.25, 0.3) is 10.6 Å². The molecule has 0 unspecified atom stereocenters. The molecule has 2 heterocycles. The first-order chi connectivity index (χ1) is 11.7. The summed E-state index contributed by atoms with van der Waals surface area (Å²) in [4.78, 5) is 7.38. The Morgan fingerprint density at radius 2 is 2.00 bits per heavy atom. The predicted molar refractivity (Wildman–Crippen MR) is 103 cm³/mol. The van der Waals surface area contributed by atoms with Crippen molar-refractivity contribution in [1.82, 2.24) is 4.98 Å². The van der Waals surface area contributed by atoms with Crippen LogP contribution in [0.15, 0.2) is 47.8 Å². The normalized spacial score (nSPS) is 13.8. The van der Waals surface area contributed by atoms with Crippen molar-refractivity contribution in [3.05, 3.63) is 70.2 Å². The van der Waals surface area contributed by atoms with Crippen LogP contribution in [0.2, 0.25) is 0 Å². The van der Waals surface area contributed by atoms with Gasteiger partial charge < -0.3 is 4.90 Å². The molecule has 1 aliphatic heterocycles. The van der Waals surface area contributed by atoms with E-state index in [1.807, 2.05) is 0 Å². The van der Waals surface area contributed by atoms with E-state index in [-0.39, 0.29) is 0 Å². The molecule has 0 aliphatic carbocycles. The van der Waals surface area contributed by atoms with Crippen molar-refractivity contribution in [2.24, 2.45) is 0 Å². The highest BCUT2D eigenvalue weighted by atomic mass is 32.1. The van der Waals surface area contributed by atoms with Crippen molar-refractivity contribution >= 4 is 17.0 Å². The Labute approximate surface area is 147 Å². The van der Waals surface area contributed by atoms with Crippen LogP contribution in [0.4, 0.5) is 5.69 Å². The average Bonchev–Trinajstić information content (AvgIpc) is 3.03. The molecule has 0 radical (unpaired) electrons. The zero-order chi connectivity index (χ0) is 16.5. The van der Waals surface area contributed by atoms with E-state index in [4.69, 9.17) is 4.98 Å². The van der Waals surface area contributed by atoms with E-state index in [0.717, 1.165) is 18.1 Å². The number of nitrogens with zero attached hydrogens (tertiary/aromatic N) is 2. The Bertz CT molecular complexity index is 866. The summed E-state index contributed by atoms with van der Waals surface area (Å²) in [7, 11) is 0. The molecule has 24 heavy (non-hydrogen) atoms. The number of fused-ring (bicyclic) bond motifs is 1. The molecule has 1 aromatic heterocycles. The van der Waals surface area contributed by atoms with Crippen LogP contribution in [0, 0.1) is 13.8 Å². The maximum Gasteiger partial charge on any atom is 0.123 e. The summed E-state index contributed by atoms with van der Waals surface area (Å²) in [5.74, 6) is 0. The maximum absolute atomic E-state index is 4.90.